The van der Waals surface area contributed by atoms with E-state index >= 15 is 0 Å². The topological polar surface area (TPSA) is 108 Å². The Morgan fingerprint density at radius 1 is 1.11 bits per heavy atom. The summed E-state index contributed by atoms with van der Waals surface area (Å²) < 4.78 is 33.4. The van der Waals surface area contributed by atoms with E-state index in [4.69, 9.17) is 14.6 Å². The maximum absolute atomic E-state index is 12.0. The lowest BCUT2D eigenvalue weighted by Crippen LogP contribution is -2.12. The highest BCUT2D eigenvalue weighted by Gasteiger charge is 2.08. The van der Waals surface area contributed by atoms with Crippen LogP contribution >= 0.6 is 0 Å². The van der Waals surface area contributed by atoms with Crippen LogP contribution in [0, 0.1) is 0 Å². The first kappa shape index (κ1) is 20.5. The van der Waals surface area contributed by atoms with Gasteiger partial charge in [-0.2, -0.15) is 0 Å². The van der Waals surface area contributed by atoms with Crippen LogP contribution in [-0.2, 0) is 14.8 Å². The average Bonchev–Trinajstić information content (AvgIpc) is 2.60. The van der Waals surface area contributed by atoms with Gasteiger partial charge in [-0.1, -0.05) is 6.07 Å². The molecule has 27 heavy (non-hydrogen) atoms. The molecule has 0 spiro atoms. The summed E-state index contributed by atoms with van der Waals surface area (Å²) in [5, 5.41) is 7.68. The fraction of sp³-hybridized carbons (Fsp3) is 0.211. The molecule has 0 saturated carbocycles. The maximum Gasteiger partial charge on any atom is 0.248 e. The SMILES string of the molecule is COc1cc(C=CC(=O)Nc2ccc(S(N)(=O)=O)cc2)ccc1OC(C)C. The number of primary sulfonamides is 1. The molecule has 0 aliphatic carbocycles. The summed E-state index contributed by atoms with van der Waals surface area (Å²) in [7, 11) is -2.21. The number of ether oxygens (including phenoxy) is 2. The van der Waals surface area contributed by atoms with Gasteiger partial charge in [-0.05, 0) is 61.9 Å². The lowest BCUT2D eigenvalue weighted by Gasteiger charge is -2.13. The van der Waals surface area contributed by atoms with E-state index in [0.29, 0.717) is 17.2 Å². The third-order valence-corrected chi connectivity index (χ3v) is 4.36. The number of sulfonamides is 1. The maximum atomic E-state index is 12.0. The van der Waals surface area contributed by atoms with E-state index in [-0.39, 0.29) is 16.9 Å². The molecule has 0 aliphatic rings. The third kappa shape index (κ3) is 6.12. The van der Waals surface area contributed by atoms with Gasteiger partial charge in [0.2, 0.25) is 15.9 Å². The molecule has 0 unspecified atom stereocenters. The standard InChI is InChI=1S/C19H22N2O5S/c1-13(2)26-17-10-4-14(12-18(17)25-3)5-11-19(22)21-15-6-8-16(9-7-15)27(20,23)24/h4-13H,1-3H3,(H,21,22)(H2,20,23,24). The van der Waals surface area contributed by atoms with Gasteiger partial charge >= 0.3 is 0 Å². The summed E-state index contributed by atoms with van der Waals surface area (Å²) in [6.45, 7) is 3.85. The molecule has 0 aliphatic heterocycles. The van der Waals surface area contributed by atoms with E-state index in [2.05, 4.69) is 5.32 Å². The van der Waals surface area contributed by atoms with E-state index in [9.17, 15) is 13.2 Å². The van der Waals surface area contributed by atoms with Gasteiger partial charge in [0.15, 0.2) is 11.5 Å². The van der Waals surface area contributed by atoms with Crippen LogP contribution in [0.25, 0.3) is 6.08 Å². The first-order chi connectivity index (χ1) is 12.7. The average molecular weight is 390 g/mol. The molecule has 2 aromatic rings. The Kier molecular flexibility index (Phi) is 6.59. The molecule has 1 amide bonds. The monoisotopic (exact) mass is 390 g/mol. The highest BCUT2D eigenvalue weighted by molar-refractivity contribution is 7.89. The molecule has 0 atom stereocenters. The van der Waals surface area contributed by atoms with Gasteiger partial charge in [0.05, 0.1) is 18.1 Å². The minimum absolute atomic E-state index is 0.0201. The summed E-state index contributed by atoms with van der Waals surface area (Å²) >= 11 is 0. The number of methoxy groups -OCH3 is 1. The van der Waals surface area contributed by atoms with Gasteiger partial charge in [0.25, 0.3) is 0 Å². The van der Waals surface area contributed by atoms with Crippen molar-refractivity contribution in [3.8, 4) is 11.5 Å². The van der Waals surface area contributed by atoms with Gasteiger partial charge in [-0.3, -0.25) is 4.79 Å². The number of nitrogens with two attached hydrogens (primary N) is 1. The zero-order valence-electron chi connectivity index (χ0n) is 15.3. The minimum atomic E-state index is -3.76. The molecule has 0 bridgehead atoms. The molecule has 8 heteroatoms. The fourth-order valence-electron chi connectivity index (χ4n) is 2.22. The second kappa shape index (κ2) is 8.70. The Bertz CT molecular complexity index is 935. The van der Waals surface area contributed by atoms with Gasteiger partial charge in [0, 0.05) is 11.8 Å². The van der Waals surface area contributed by atoms with Crippen molar-refractivity contribution in [1.29, 1.82) is 0 Å². The molecule has 0 heterocycles. The van der Waals surface area contributed by atoms with E-state index < -0.39 is 10.0 Å². The molecule has 2 aromatic carbocycles. The number of hydrogen-bond donors (Lipinski definition) is 2. The van der Waals surface area contributed by atoms with E-state index in [0.717, 1.165) is 5.56 Å². The van der Waals surface area contributed by atoms with Gasteiger partial charge in [-0.25, -0.2) is 13.6 Å². The lowest BCUT2D eigenvalue weighted by molar-refractivity contribution is -0.111. The Hall–Kier alpha value is -2.84. The molecular weight excluding hydrogens is 368 g/mol. The van der Waals surface area contributed by atoms with Crippen LogP contribution in [0.1, 0.15) is 19.4 Å². The summed E-state index contributed by atoms with van der Waals surface area (Å²) in [6, 6.07) is 10.9. The van der Waals surface area contributed by atoms with Crippen molar-refractivity contribution in [3.05, 3.63) is 54.1 Å². The number of anilines is 1. The molecule has 7 nitrogen and oxygen atoms in total. The van der Waals surface area contributed by atoms with Crippen LogP contribution in [-0.4, -0.2) is 27.5 Å². The molecule has 0 fully saturated rings. The normalized spacial score (nSPS) is 11.6. The van der Waals surface area contributed by atoms with Crippen LogP contribution in [0.15, 0.2) is 53.4 Å². The van der Waals surface area contributed by atoms with Gasteiger partial charge < -0.3 is 14.8 Å². The highest BCUT2D eigenvalue weighted by Crippen LogP contribution is 2.29. The van der Waals surface area contributed by atoms with Crippen LogP contribution in [0.4, 0.5) is 5.69 Å². The van der Waals surface area contributed by atoms with Crippen molar-refractivity contribution in [2.45, 2.75) is 24.8 Å². The summed E-state index contributed by atoms with van der Waals surface area (Å²) in [5.74, 6) is 0.841. The zero-order valence-corrected chi connectivity index (χ0v) is 16.1. The number of carbonyl (C=O) groups excluding carboxylic acids is 1. The van der Waals surface area contributed by atoms with Crippen LogP contribution in [0.5, 0.6) is 11.5 Å². The van der Waals surface area contributed by atoms with Crippen LogP contribution in [0.2, 0.25) is 0 Å². The summed E-state index contributed by atoms with van der Waals surface area (Å²) in [5.41, 5.74) is 1.22. The first-order valence-electron chi connectivity index (χ1n) is 8.15. The third-order valence-electron chi connectivity index (χ3n) is 3.43. The van der Waals surface area contributed by atoms with Crippen molar-refractivity contribution in [2.24, 2.45) is 5.14 Å². The van der Waals surface area contributed by atoms with Crippen molar-refractivity contribution < 1.29 is 22.7 Å². The molecule has 0 radical (unpaired) electrons. The second-order valence-corrected chi connectivity index (χ2v) is 7.53. The Morgan fingerprint density at radius 3 is 2.33 bits per heavy atom. The number of hydrogen-bond acceptors (Lipinski definition) is 5. The zero-order chi connectivity index (χ0) is 20.0. The molecule has 0 aromatic heterocycles. The van der Waals surface area contributed by atoms with Crippen LogP contribution in [0.3, 0.4) is 0 Å². The Balaban J connectivity index is 2.06. The van der Waals surface area contributed by atoms with Gasteiger partial charge in [-0.15, -0.1) is 0 Å². The van der Waals surface area contributed by atoms with E-state index in [1.54, 1.807) is 25.3 Å². The highest BCUT2D eigenvalue weighted by atomic mass is 32.2. The number of rotatable bonds is 7. The molecular formula is C19H22N2O5S. The summed E-state index contributed by atoms with van der Waals surface area (Å²) in [6.07, 6.45) is 3.02. The fourth-order valence-corrected chi connectivity index (χ4v) is 2.74. The molecule has 3 N–H and O–H groups in total. The van der Waals surface area contributed by atoms with E-state index in [1.165, 1.54) is 30.3 Å². The molecule has 2 rings (SSSR count). The second-order valence-electron chi connectivity index (χ2n) is 5.97. The van der Waals surface area contributed by atoms with Gasteiger partial charge in [0.1, 0.15) is 0 Å². The number of carbonyl (C=O) groups is 1. The Labute approximate surface area is 158 Å². The first-order valence-corrected chi connectivity index (χ1v) is 9.70. The summed E-state index contributed by atoms with van der Waals surface area (Å²) in [4.78, 5) is 12.0. The van der Waals surface area contributed by atoms with Crippen molar-refractivity contribution in [2.75, 3.05) is 12.4 Å². The van der Waals surface area contributed by atoms with Crippen molar-refractivity contribution in [1.82, 2.24) is 0 Å². The van der Waals surface area contributed by atoms with Crippen molar-refractivity contribution in [3.63, 3.8) is 0 Å². The molecule has 0 saturated heterocycles. The largest absolute Gasteiger partial charge is 0.493 e. The number of nitrogens with one attached hydrogen (secondary N) is 1. The Morgan fingerprint density at radius 2 is 1.78 bits per heavy atom. The number of amides is 1. The lowest BCUT2D eigenvalue weighted by atomic mass is 10.2. The minimum Gasteiger partial charge on any atom is -0.493 e. The van der Waals surface area contributed by atoms with E-state index in [1.807, 2.05) is 19.9 Å². The quantitative estimate of drug-likeness (QED) is 0.707. The smallest absolute Gasteiger partial charge is 0.248 e. The van der Waals surface area contributed by atoms with Crippen molar-refractivity contribution >= 4 is 27.7 Å². The predicted octanol–water partition coefficient (Wildman–Crippen LogP) is 2.78. The predicted molar refractivity (Wildman–Crippen MR) is 104 cm³/mol. The van der Waals surface area contributed by atoms with Crippen LogP contribution < -0.4 is 19.9 Å². The number of benzene rings is 2. The molecule has 144 valence electrons.